The van der Waals surface area contributed by atoms with Gasteiger partial charge in [-0.3, -0.25) is 0 Å². The van der Waals surface area contributed by atoms with Crippen molar-refractivity contribution < 1.29 is 17.6 Å². The molecule has 0 unspecified atom stereocenters. The van der Waals surface area contributed by atoms with Crippen LogP contribution in [0.3, 0.4) is 0 Å². The zero-order valence-corrected chi connectivity index (χ0v) is 12.7. The van der Waals surface area contributed by atoms with Gasteiger partial charge in [0, 0.05) is 5.56 Å². The normalized spacial score (nSPS) is 12.7. The highest BCUT2D eigenvalue weighted by molar-refractivity contribution is 5.74. The lowest BCUT2D eigenvalue weighted by molar-refractivity contribution is 0.442. The first-order valence-electron chi connectivity index (χ1n) is 6.97. The topological polar surface area (TPSA) is 0 Å². The third-order valence-corrected chi connectivity index (χ3v) is 3.29. The Balaban J connectivity index is 3.19. The summed E-state index contributed by atoms with van der Waals surface area (Å²) in [5.74, 6) is -4.90. The van der Waals surface area contributed by atoms with E-state index in [-0.39, 0.29) is 5.57 Å². The lowest BCUT2D eigenvalue weighted by atomic mass is 10.00. The summed E-state index contributed by atoms with van der Waals surface area (Å²) in [7, 11) is 0. The molecule has 0 N–H and O–H groups in total. The van der Waals surface area contributed by atoms with Crippen molar-refractivity contribution >= 4 is 5.57 Å². The van der Waals surface area contributed by atoms with Crippen LogP contribution in [0.2, 0.25) is 0 Å². The van der Waals surface area contributed by atoms with Crippen LogP contribution >= 0.6 is 0 Å². The number of hydrogen-bond acceptors (Lipinski definition) is 0. The Morgan fingerprint density at radius 1 is 1.00 bits per heavy atom. The molecule has 0 bridgehead atoms. The standard InChI is InChI=1S/C17H20F4/c1-5-12(9-7-6-8-10(2)3)13-16(20)14(18)11(4)15(19)17(13)21/h5,7,9-10H,6,8H2,1-4H3/b9-7-,12-5+. The Labute approximate surface area is 123 Å². The number of benzene rings is 1. The van der Waals surface area contributed by atoms with Crippen molar-refractivity contribution in [2.75, 3.05) is 0 Å². The van der Waals surface area contributed by atoms with E-state index in [0.717, 1.165) is 19.8 Å². The molecule has 0 amide bonds. The van der Waals surface area contributed by atoms with E-state index in [0.29, 0.717) is 5.92 Å². The number of rotatable bonds is 5. The molecule has 0 atom stereocenters. The Morgan fingerprint density at radius 2 is 1.52 bits per heavy atom. The monoisotopic (exact) mass is 300 g/mol. The molecule has 0 radical (unpaired) electrons. The van der Waals surface area contributed by atoms with Gasteiger partial charge in [-0.15, -0.1) is 0 Å². The second-order valence-electron chi connectivity index (χ2n) is 5.37. The van der Waals surface area contributed by atoms with Crippen LogP contribution in [0.1, 0.15) is 44.7 Å². The second kappa shape index (κ2) is 7.43. The first kappa shape index (κ1) is 17.5. The van der Waals surface area contributed by atoms with E-state index in [1.165, 1.54) is 12.2 Å². The number of allylic oxidation sites excluding steroid dienone is 4. The summed E-state index contributed by atoms with van der Waals surface area (Å²) >= 11 is 0. The van der Waals surface area contributed by atoms with Gasteiger partial charge < -0.3 is 0 Å². The van der Waals surface area contributed by atoms with Crippen LogP contribution in [0.15, 0.2) is 18.2 Å². The summed E-state index contributed by atoms with van der Waals surface area (Å²) in [5, 5.41) is 0. The van der Waals surface area contributed by atoms with Crippen molar-refractivity contribution in [3.05, 3.63) is 52.6 Å². The molecule has 1 aromatic carbocycles. The van der Waals surface area contributed by atoms with Crippen molar-refractivity contribution in [3.8, 4) is 0 Å². The fourth-order valence-electron chi connectivity index (χ4n) is 1.96. The molecular weight excluding hydrogens is 280 g/mol. The van der Waals surface area contributed by atoms with Crippen molar-refractivity contribution in [3.63, 3.8) is 0 Å². The summed E-state index contributed by atoms with van der Waals surface area (Å²) in [4.78, 5) is 0. The average molecular weight is 300 g/mol. The highest BCUT2D eigenvalue weighted by atomic mass is 19.2. The summed E-state index contributed by atoms with van der Waals surface area (Å²) in [5.41, 5.74) is -1.17. The lowest BCUT2D eigenvalue weighted by Gasteiger charge is -2.10. The van der Waals surface area contributed by atoms with E-state index >= 15 is 0 Å². The molecule has 0 heterocycles. The summed E-state index contributed by atoms with van der Waals surface area (Å²) in [6.07, 6.45) is 6.34. The van der Waals surface area contributed by atoms with E-state index in [2.05, 4.69) is 13.8 Å². The third-order valence-electron chi connectivity index (χ3n) is 3.29. The predicted octanol–water partition coefficient (Wildman–Crippen LogP) is 5.95. The Bertz CT molecular complexity index is 540. The maximum atomic E-state index is 13.9. The van der Waals surface area contributed by atoms with Gasteiger partial charge in [0.05, 0.1) is 5.56 Å². The second-order valence-corrected chi connectivity index (χ2v) is 5.37. The molecule has 4 heteroatoms. The molecular formula is C17H20F4. The zero-order valence-electron chi connectivity index (χ0n) is 12.7. The van der Waals surface area contributed by atoms with Crippen LogP contribution in [0.5, 0.6) is 0 Å². The highest BCUT2D eigenvalue weighted by Gasteiger charge is 2.24. The van der Waals surface area contributed by atoms with Gasteiger partial charge in [-0.25, -0.2) is 17.6 Å². The molecule has 1 aromatic rings. The van der Waals surface area contributed by atoms with Gasteiger partial charge in [-0.2, -0.15) is 0 Å². The molecule has 116 valence electrons. The largest absolute Gasteiger partial charge is 0.203 e. The van der Waals surface area contributed by atoms with E-state index in [9.17, 15) is 17.6 Å². The van der Waals surface area contributed by atoms with Gasteiger partial charge in [-0.1, -0.05) is 32.1 Å². The summed E-state index contributed by atoms with van der Waals surface area (Å²) < 4.78 is 55.0. The maximum absolute atomic E-state index is 13.9. The Kier molecular flexibility index (Phi) is 6.19. The minimum Gasteiger partial charge on any atom is -0.203 e. The van der Waals surface area contributed by atoms with Gasteiger partial charge in [0.1, 0.15) is 0 Å². The van der Waals surface area contributed by atoms with Gasteiger partial charge in [0.25, 0.3) is 0 Å². The quantitative estimate of drug-likeness (QED) is 0.358. The molecule has 1 rings (SSSR count). The number of hydrogen-bond donors (Lipinski definition) is 0. The summed E-state index contributed by atoms with van der Waals surface area (Å²) in [6, 6.07) is 0. The van der Waals surface area contributed by atoms with E-state index < -0.39 is 34.4 Å². The average Bonchev–Trinajstić information content (AvgIpc) is 2.45. The van der Waals surface area contributed by atoms with Crippen molar-refractivity contribution in [1.82, 2.24) is 0 Å². The van der Waals surface area contributed by atoms with Crippen molar-refractivity contribution in [2.24, 2.45) is 5.92 Å². The molecule has 0 spiro atoms. The van der Waals surface area contributed by atoms with Crippen molar-refractivity contribution in [1.29, 1.82) is 0 Å². The Hall–Kier alpha value is -1.58. The molecule has 0 fully saturated rings. The maximum Gasteiger partial charge on any atom is 0.170 e. The van der Waals surface area contributed by atoms with Crippen LogP contribution in [0, 0.1) is 36.1 Å². The SMILES string of the molecule is C/C=C(\C=C/CCC(C)C)c1c(F)c(F)c(C)c(F)c1F. The summed E-state index contributed by atoms with van der Waals surface area (Å²) in [6.45, 7) is 6.70. The Morgan fingerprint density at radius 3 is 1.95 bits per heavy atom. The molecule has 0 saturated heterocycles. The zero-order chi connectivity index (χ0) is 16.2. The van der Waals surface area contributed by atoms with E-state index in [1.54, 1.807) is 13.0 Å². The van der Waals surface area contributed by atoms with E-state index in [1.807, 2.05) is 0 Å². The number of halogens is 4. The fraction of sp³-hybridized carbons (Fsp3) is 0.412. The fourth-order valence-corrected chi connectivity index (χ4v) is 1.96. The van der Waals surface area contributed by atoms with Gasteiger partial charge in [0.2, 0.25) is 0 Å². The predicted molar refractivity (Wildman–Crippen MR) is 77.9 cm³/mol. The van der Waals surface area contributed by atoms with E-state index in [4.69, 9.17) is 0 Å². The van der Waals surface area contributed by atoms with Crippen LogP contribution < -0.4 is 0 Å². The van der Waals surface area contributed by atoms with Crippen LogP contribution in [0.4, 0.5) is 17.6 Å². The lowest BCUT2D eigenvalue weighted by Crippen LogP contribution is -2.05. The molecule has 0 aliphatic rings. The smallest absolute Gasteiger partial charge is 0.170 e. The minimum absolute atomic E-state index is 0.131. The highest BCUT2D eigenvalue weighted by Crippen LogP contribution is 2.29. The first-order chi connectivity index (χ1) is 9.81. The molecule has 0 aliphatic carbocycles. The van der Waals surface area contributed by atoms with Gasteiger partial charge >= 0.3 is 0 Å². The molecule has 0 aliphatic heterocycles. The van der Waals surface area contributed by atoms with Crippen LogP contribution in [-0.2, 0) is 0 Å². The van der Waals surface area contributed by atoms with Gasteiger partial charge in [0.15, 0.2) is 23.3 Å². The van der Waals surface area contributed by atoms with Crippen molar-refractivity contribution in [2.45, 2.75) is 40.5 Å². The molecule has 0 aromatic heterocycles. The third kappa shape index (κ3) is 3.96. The first-order valence-corrected chi connectivity index (χ1v) is 6.97. The molecule has 21 heavy (non-hydrogen) atoms. The minimum atomic E-state index is -1.35. The molecule has 0 saturated carbocycles. The van der Waals surface area contributed by atoms with Gasteiger partial charge in [-0.05, 0) is 38.2 Å². The van der Waals surface area contributed by atoms with Crippen LogP contribution in [0.25, 0.3) is 5.57 Å². The van der Waals surface area contributed by atoms with Crippen LogP contribution in [-0.4, -0.2) is 0 Å². The molecule has 0 nitrogen and oxygen atoms in total.